The van der Waals surface area contributed by atoms with Gasteiger partial charge in [-0.3, -0.25) is 4.79 Å². The van der Waals surface area contributed by atoms with Gasteiger partial charge in [0.25, 0.3) is 0 Å². The number of hydrogen-bond acceptors (Lipinski definition) is 2. The molecule has 2 rings (SSSR count). The third kappa shape index (κ3) is 1.65. The van der Waals surface area contributed by atoms with E-state index in [1.165, 1.54) is 12.8 Å². The van der Waals surface area contributed by atoms with Crippen LogP contribution in [0.15, 0.2) is 0 Å². The minimum absolute atomic E-state index is 0.263. The van der Waals surface area contributed by atoms with E-state index in [-0.39, 0.29) is 5.92 Å². The van der Waals surface area contributed by atoms with Gasteiger partial charge in [0, 0.05) is 0 Å². The van der Waals surface area contributed by atoms with Gasteiger partial charge in [0.1, 0.15) is 0 Å². The number of aliphatic hydroxyl groups is 1. The van der Waals surface area contributed by atoms with Crippen LogP contribution < -0.4 is 0 Å². The Kier molecular flexibility index (Phi) is 2.77. The van der Waals surface area contributed by atoms with E-state index in [0.717, 1.165) is 19.3 Å². The summed E-state index contributed by atoms with van der Waals surface area (Å²) in [4.78, 5) is 10.9. The second-order valence-corrected chi connectivity index (χ2v) is 4.72. The molecule has 2 aliphatic carbocycles. The largest absolute Gasteiger partial charge is 0.481 e. The molecular formula is C11H18O3. The predicted octanol–water partition coefficient (Wildman–Crippen LogP) is 1.65. The average molecular weight is 198 g/mol. The fourth-order valence-corrected chi connectivity index (χ4v) is 3.18. The highest BCUT2D eigenvalue weighted by molar-refractivity contribution is 5.70. The molecule has 0 radical (unpaired) electrons. The van der Waals surface area contributed by atoms with Crippen LogP contribution in [0.3, 0.4) is 0 Å². The van der Waals surface area contributed by atoms with Crippen molar-refractivity contribution in [2.24, 2.45) is 17.8 Å². The van der Waals surface area contributed by atoms with Crippen LogP contribution in [0.5, 0.6) is 0 Å². The quantitative estimate of drug-likeness (QED) is 0.673. The van der Waals surface area contributed by atoms with Crippen LogP contribution in [0.2, 0.25) is 0 Å². The van der Waals surface area contributed by atoms with Gasteiger partial charge in [0.2, 0.25) is 0 Å². The van der Waals surface area contributed by atoms with Crippen LogP contribution in [0, 0.1) is 17.8 Å². The lowest BCUT2D eigenvalue weighted by molar-refractivity contribution is -0.152. The van der Waals surface area contributed by atoms with E-state index in [1.54, 1.807) is 0 Å². The summed E-state index contributed by atoms with van der Waals surface area (Å²) in [5.41, 5.74) is 0. The van der Waals surface area contributed by atoms with Gasteiger partial charge < -0.3 is 10.2 Å². The van der Waals surface area contributed by atoms with Crippen LogP contribution in [0.25, 0.3) is 0 Å². The summed E-state index contributed by atoms with van der Waals surface area (Å²) < 4.78 is 0. The van der Waals surface area contributed by atoms with Crippen molar-refractivity contribution in [1.29, 1.82) is 0 Å². The molecule has 2 fully saturated rings. The second kappa shape index (κ2) is 3.89. The molecule has 3 nitrogen and oxygen atoms in total. The van der Waals surface area contributed by atoms with Crippen molar-refractivity contribution < 1.29 is 15.0 Å². The zero-order valence-corrected chi connectivity index (χ0v) is 8.35. The highest BCUT2D eigenvalue weighted by atomic mass is 16.4. The Labute approximate surface area is 84.1 Å². The summed E-state index contributed by atoms with van der Waals surface area (Å²) in [5, 5.41) is 18.9. The number of rotatable bonds is 1. The molecule has 0 spiro atoms. The molecule has 0 aromatic rings. The molecule has 0 amide bonds. The van der Waals surface area contributed by atoms with Gasteiger partial charge in [-0.15, -0.1) is 0 Å². The average Bonchev–Trinajstić information content (AvgIpc) is 2.18. The van der Waals surface area contributed by atoms with E-state index in [9.17, 15) is 9.90 Å². The van der Waals surface area contributed by atoms with Crippen molar-refractivity contribution in [1.82, 2.24) is 0 Å². The van der Waals surface area contributed by atoms with Crippen LogP contribution in [-0.2, 0) is 4.79 Å². The summed E-state index contributed by atoms with van der Waals surface area (Å²) in [6.07, 6.45) is 5.70. The Balaban J connectivity index is 2.06. The minimum Gasteiger partial charge on any atom is -0.481 e. The zero-order chi connectivity index (χ0) is 10.1. The van der Waals surface area contributed by atoms with Gasteiger partial charge in [0.05, 0.1) is 12.0 Å². The predicted molar refractivity (Wildman–Crippen MR) is 51.8 cm³/mol. The van der Waals surface area contributed by atoms with Crippen LogP contribution in [-0.4, -0.2) is 22.3 Å². The summed E-state index contributed by atoms with van der Waals surface area (Å²) in [6, 6.07) is 0. The Morgan fingerprint density at radius 2 is 1.79 bits per heavy atom. The normalized spacial score (nSPS) is 42.9. The molecule has 0 aromatic carbocycles. The van der Waals surface area contributed by atoms with Crippen LogP contribution in [0.1, 0.15) is 38.5 Å². The van der Waals surface area contributed by atoms with E-state index in [1.807, 2.05) is 0 Å². The molecule has 0 bridgehead atoms. The number of carbonyl (C=O) groups is 1. The fourth-order valence-electron chi connectivity index (χ4n) is 3.18. The molecule has 4 unspecified atom stereocenters. The first kappa shape index (κ1) is 9.97. The van der Waals surface area contributed by atoms with Crippen molar-refractivity contribution in [3.05, 3.63) is 0 Å². The molecular weight excluding hydrogens is 180 g/mol. The zero-order valence-electron chi connectivity index (χ0n) is 8.35. The van der Waals surface area contributed by atoms with E-state index < -0.39 is 18.0 Å². The molecule has 0 saturated heterocycles. The van der Waals surface area contributed by atoms with E-state index in [2.05, 4.69) is 0 Å². The van der Waals surface area contributed by atoms with Gasteiger partial charge in [-0.05, 0) is 31.1 Å². The highest BCUT2D eigenvalue weighted by Crippen LogP contribution is 2.42. The number of aliphatic hydroxyl groups excluding tert-OH is 1. The lowest BCUT2D eigenvalue weighted by atomic mass is 9.66. The van der Waals surface area contributed by atoms with Gasteiger partial charge in [0.15, 0.2) is 0 Å². The number of fused-ring (bicyclic) bond motifs is 1. The first-order chi connectivity index (χ1) is 6.70. The van der Waals surface area contributed by atoms with E-state index in [4.69, 9.17) is 5.11 Å². The molecule has 2 aliphatic rings. The van der Waals surface area contributed by atoms with Crippen LogP contribution >= 0.6 is 0 Å². The van der Waals surface area contributed by atoms with Crippen molar-refractivity contribution >= 4 is 5.97 Å². The summed E-state index contributed by atoms with van der Waals surface area (Å²) in [6.45, 7) is 0. The summed E-state index contributed by atoms with van der Waals surface area (Å²) >= 11 is 0. The third-order valence-corrected chi connectivity index (χ3v) is 3.98. The first-order valence-corrected chi connectivity index (χ1v) is 5.61. The standard InChI is InChI=1S/C11H18O3/c12-10-8-4-2-1-3-7(8)5-6-9(10)11(13)14/h7-10,12H,1-6H2,(H,13,14). The third-order valence-electron chi connectivity index (χ3n) is 3.98. The SMILES string of the molecule is O=C(O)C1CCC2CCCCC2C1O. The topological polar surface area (TPSA) is 57.5 Å². The van der Waals surface area contributed by atoms with Crippen molar-refractivity contribution in [2.45, 2.75) is 44.6 Å². The molecule has 2 N–H and O–H groups in total. The molecule has 4 atom stereocenters. The summed E-state index contributed by atoms with van der Waals surface area (Å²) in [7, 11) is 0. The molecule has 2 saturated carbocycles. The maximum absolute atomic E-state index is 10.9. The maximum Gasteiger partial charge on any atom is 0.309 e. The number of aliphatic carboxylic acids is 1. The van der Waals surface area contributed by atoms with Crippen molar-refractivity contribution in [3.63, 3.8) is 0 Å². The Morgan fingerprint density at radius 3 is 2.50 bits per heavy atom. The Morgan fingerprint density at radius 1 is 1.07 bits per heavy atom. The van der Waals surface area contributed by atoms with Gasteiger partial charge in [-0.2, -0.15) is 0 Å². The molecule has 3 heteroatoms. The Hall–Kier alpha value is -0.570. The molecule has 80 valence electrons. The number of carboxylic acid groups (broad SMARTS) is 1. The maximum atomic E-state index is 10.9. The number of hydrogen-bond donors (Lipinski definition) is 2. The lowest BCUT2D eigenvalue weighted by Gasteiger charge is -2.41. The van der Waals surface area contributed by atoms with Gasteiger partial charge in [-0.1, -0.05) is 19.3 Å². The van der Waals surface area contributed by atoms with E-state index in [0.29, 0.717) is 12.3 Å². The molecule has 14 heavy (non-hydrogen) atoms. The van der Waals surface area contributed by atoms with Crippen LogP contribution in [0.4, 0.5) is 0 Å². The van der Waals surface area contributed by atoms with Gasteiger partial charge in [-0.25, -0.2) is 0 Å². The molecule has 0 aromatic heterocycles. The minimum atomic E-state index is -0.818. The van der Waals surface area contributed by atoms with Crippen molar-refractivity contribution in [2.75, 3.05) is 0 Å². The molecule has 0 heterocycles. The monoisotopic (exact) mass is 198 g/mol. The highest BCUT2D eigenvalue weighted by Gasteiger charge is 2.42. The lowest BCUT2D eigenvalue weighted by Crippen LogP contribution is -2.43. The van der Waals surface area contributed by atoms with Gasteiger partial charge >= 0.3 is 5.97 Å². The number of carboxylic acids is 1. The second-order valence-electron chi connectivity index (χ2n) is 4.72. The van der Waals surface area contributed by atoms with Crippen molar-refractivity contribution in [3.8, 4) is 0 Å². The fraction of sp³-hybridized carbons (Fsp3) is 0.909. The molecule has 0 aliphatic heterocycles. The first-order valence-electron chi connectivity index (χ1n) is 5.61. The summed E-state index contributed by atoms with van der Waals surface area (Å²) in [5.74, 6) is -0.469. The van der Waals surface area contributed by atoms with E-state index >= 15 is 0 Å². The Bertz CT molecular complexity index is 227. The smallest absolute Gasteiger partial charge is 0.309 e.